The number of hydrogen-bond acceptors (Lipinski definition) is 4. The molecule has 0 fully saturated rings. The van der Waals surface area contributed by atoms with Crippen molar-refractivity contribution in [1.82, 2.24) is 5.32 Å². The molecule has 1 aliphatic rings. The fraction of sp³-hybridized carbons (Fsp3) is 0.0222. The molecule has 1 N–H and O–H groups in total. The van der Waals surface area contributed by atoms with E-state index in [1.54, 1.807) is 0 Å². The lowest BCUT2D eigenvalue weighted by molar-refractivity contribution is 0.668. The molecule has 49 heavy (non-hydrogen) atoms. The summed E-state index contributed by atoms with van der Waals surface area (Å²) in [6, 6.07) is 61.0. The van der Waals surface area contributed by atoms with Gasteiger partial charge in [-0.3, -0.25) is 0 Å². The Morgan fingerprint density at radius 2 is 0.980 bits per heavy atom. The summed E-state index contributed by atoms with van der Waals surface area (Å²) in [6.45, 7) is 0. The van der Waals surface area contributed by atoms with Crippen LogP contribution in [0.25, 0.3) is 55.3 Å². The molecule has 0 saturated heterocycles. The van der Waals surface area contributed by atoms with E-state index >= 15 is 0 Å². The minimum Gasteiger partial charge on any atom is -0.456 e. The van der Waals surface area contributed by atoms with Crippen molar-refractivity contribution in [1.29, 1.82) is 0 Å². The van der Waals surface area contributed by atoms with Gasteiger partial charge in [0.1, 0.15) is 23.2 Å². The van der Waals surface area contributed by atoms with Gasteiger partial charge >= 0.3 is 0 Å². The first kappa shape index (κ1) is 28.7. The molecule has 4 heteroatoms. The van der Waals surface area contributed by atoms with E-state index in [1.165, 1.54) is 16.7 Å². The number of hydrogen-bond donors (Lipinski definition) is 1. The van der Waals surface area contributed by atoms with Gasteiger partial charge in [-0.1, -0.05) is 158 Å². The second kappa shape index (κ2) is 12.3. The summed E-state index contributed by atoms with van der Waals surface area (Å²) in [6.07, 6.45) is -0.299. The van der Waals surface area contributed by atoms with Crippen LogP contribution in [0.4, 0.5) is 0 Å². The van der Waals surface area contributed by atoms with Gasteiger partial charge in [0.2, 0.25) is 0 Å². The molecule has 4 nitrogen and oxygen atoms in total. The Morgan fingerprint density at radius 3 is 1.61 bits per heavy atom. The highest BCUT2D eigenvalue weighted by atomic mass is 16.3. The maximum atomic E-state index is 6.44. The van der Waals surface area contributed by atoms with Crippen LogP contribution in [0.15, 0.2) is 190 Å². The Kier molecular flexibility index (Phi) is 7.17. The van der Waals surface area contributed by atoms with Crippen LogP contribution >= 0.6 is 0 Å². The molecule has 0 aliphatic carbocycles. The molecule has 0 bridgehead atoms. The Hall–Kier alpha value is -6.52. The Balaban J connectivity index is 1.10. The van der Waals surface area contributed by atoms with E-state index in [0.29, 0.717) is 5.84 Å². The monoisotopic (exact) mass is 629 g/mol. The lowest BCUT2D eigenvalue weighted by Gasteiger charge is -2.24. The van der Waals surface area contributed by atoms with E-state index < -0.39 is 0 Å². The highest BCUT2D eigenvalue weighted by Crippen LogP contribution is 2.35. The molecule has 0 amide bonds. The molecular formula is C45H31N3O. The van der Waals surface area contributed by atoms with Crippen LogP contribution in [-0.2, 0) is 0 Å². The molecule has 8 aromatic rings. The standard InChI is InChI=1S/C45H31N3O/c1-4-11-30(12-5-1)32-19-21-33(22-20-32)34-23-25-36(26-24-34)44-46-43(35-15-8-3-9-16-35)47-45(48-44)39-17-10-18-40-42(39)38-28-27-37(29-41(38)49-40)31-13-6-2-7-14-31/h1-29,43H,(H,46,47,48). The molecule has 1 unspecified atom stereocenters. The van der Waals surface area contributed by atoms with Crippen molar-refractivity contribution in [3.05, 3.63) is 193 Å². The van der Waals surface area contributed by atoms with Crippen molar-refractivity contribution in [3.8, 4) is 33.4 Å². The zero-order valence-corrected chi connectivity index (χ0v) is 26.6. The van der Waals surface area contributed by atoms with Gasteiger partial charge in [0.25, 0.3) is 0 Å². The van der Waals surface area contributed by atoms with Crippen LogP contribution in [0.3, 0.4) is 0 Å². The third-order valence-electron chi connectivity index (χ3n) is 9.19. The number of furan rings is 1. The van der Waals surface area contributed by atoms with Gasteiger partial charge in [-0.25, -0.2) is 9.98 Å². The first-order chi connectivity index (χ1) is 24.3. The van der Waals surface area contributed by atoms with Gasteiger partial charge in [-0.15, -0.1) is 0 Å². The second-order valence-electron chi connectivity index (χ2n) is 12.2. The highest BCUT2D eigenvalue weighted by molar-refractivity contribution is 6.22. The highest BCUT2D eigenvalue weighted by Gasteiger charge is 2.24. The summed E-state index contributed by atoms with van der Waals surface area (Å²) in [4.78, 5) is 10.3. The van der Waals surface area contributed by atoms with Gasteiger partial charge in [-0.05, 0) is 57.1 Å². The quantitative estimate of drug-likeness (QED) is 0.199. The van der Waals surface area contributed by atoms with Crippen molar-refractivity contribution in [2.45, 2.75) is 6.17 Å². The normalized spacial score (nSPS) is 14.3. The van der Waals surface area contributed by atoms with Crippen LogP contribution in [0.5, 0.6) is 0 Å². The molecule has 7 aromatic carbocycles. The minimum atomic E-state index is -0.299. The zero-order valence-electron chi connectivity index (χ0n) is 26.6. The predicted molar refractivity (Wildman–Crippen MR) is 202 cm³/mol. The number of aliphatic imine (C=N–C) groups is 2. The average molecular weight is 630 g/mol. The first-order valence-corrected chi connectivity index (χ1v) is 16.5. The third kappa shape index (κ3) is 5.49. The summed E-state index contributed by atoms with van der Waals surface area (Å²) in [5, 5.41) is 5.73. The lowest BCUT2D eigenvalue weighted by atomic mass is 9.99. The van der Waals surface area contributed by atoms with Gasteiger partial charge in [0.05, 0.1) is 0 Å². The number of benzene rings is 7. The largest absolute Gasteiger partial charge is 0.456 e. The summed E-state index contributed by atoms with van der Waals surface area (Å²) in [5.41, 5.74) is 11.7. The Labute approximate surface area is 284 Å². The maximum Gasteiger partial charge on any atom is 0.159 e. The van der Waals surface area contributed by atoms with Gasteiger partial charge in [0, 0.05) is 21.9 Å². The van der Waals surface area contributed by atoms with E-state index in [4.69, 9.17) is 14.4 Å². The minimum absolute atomic E-state index is 0.299. The van der Waals surface area contributed by atoms with Crippen molar-refractivity contribution in [2.24, 2.45) is 9.98 Å². The first-order valence-electron chi connectivity index (χ1n) is 16.5. The van der Waals surface area contributed by atoms with Crippen molar-refractivity contribution >= 4 is 33.6 Å². The summed E-state index contributed by atoms with van der Waals surface area (Å²) in [5.74, 6) is 1.45. The van der Waals surface area contributed by atoms with E-state index in [9.17, 15) is 0 Å². The molecule has 0 spiro atoms. The SMILES string of the molecule is c1ccc(-c2ccc(-c3ccc(C4=NC(c5ccccc5)NC(c5cccc6oc7cc(-c8ccccc8)ccc7c56)=N4)cc3)cc2)cc1. The molecule has 0 radical (unpaired) electrons. The molecule has 0 saturated carbocycles. The van der Waals surface area contributed by atoms with Crippen molar-refractivity contribution in [3.63, 3.8) is 0 Å². The number of amidine groups is 2. The smallest absolute Gasteiger partial charge is 0.159 e. The average Bonchev–Trinajstić information content (AvgIpc) is 3.57. The van der Waals surface area contributed by atoms with Crippen molar-refractivity contribution < 1.29 is 4.42 Å². The van der Waals surface area contributed by atoms with E-state index in [0.717, 1.165) is 61.2 Å². The molecule has 1 aliphatic heterocycles. The van der Waals surface area contributed by atoms with E-state index in [2.05, 4.69) is 139 Å². The van der Waals surface area contributed by atoms with E-state index in [1.807, 2.05) is 42.5 Å². The predicted octanol–water partition coefficient (Wildman–Crippen LogP) is 11.1. The van der Waals surface area contributed by atoms with Gasteiger partial charge < -0.3 is 9.73 Å². The molecule has 2 heterocycles. The number of fused-ring (bicyclic) bond motifs is 3. The van der Waals surface area contributed by atoms with Crippen LogP contribution in [0, 0.1) is 0 Å². The Bertz CT molecular complexity index is 2480. The fourth-order valence-electron chi connectivity index (χ4n) is 6.65. The van der Waals surface area contributed by atoms with Gasteiger partial charge in [0.15, 0.2) is 5.84 Å². The number of nitrogens with one attached hydrogen (secondary N) is 1. The summed E-state index contributed by atoms with van der Waals surface area (Å²) >= 11 is 0. The van der Waals surface area contributed by atoms with Crippen LogP contribution in [0.2, 0.25) is 0 Å². The fourth-order valence-corrected chi connectivity index (χ4v) is 6.65. The molecule has 232 valence electrons. The lowest BCUT2D eigenvalue weighted by Crippen LogP contribution is -2.33. The van der Waals surface area contributed by atoms with E-state index in [-0.39, 0.29) is 6.17 Å². The molecular weight excluding hydrogens is 599 g/mol. The van der Waals surface area contributed by atoms with Gasteiger partial charge in [-0.2, -0.15) is 0 Å². The summed E-state index contributed by atoms with van der Waals surface area (Å²) < 4.78 is 6.44. The van der Waals surface area contributed by atoms with Crippen LogP contribution < -0.4 is 5.32 Å². The molecule has 1 atom stereocenters. The number of nitrogens with zero attached hydrogens (tertiary/aromatic N) is 2. The van der Waals surface area contributed by atoms with Crippen LogP contribution in [-0.4, -0.2) is 11.7 Å². The second-order valence-corrected chi connectivity index (χ2v) is 12.2. The zero-order chi connectivity index (χ0) is 32.6. The summed E-state index contributed by atoms with van der Waals surface area (Å²) in [7, 11) is 0. The molecule has 9 rings (SSSR count). The number of rotatable bonds is 6. The Morgan fingerprint density at radius 1 is 0.449 bits per heavy atom. The third-order valence-corrected chi connectivity index (χ3v) is 9.19. The van der Waals surface area contributed by atoms with Crippen molar-refractivity contribution in [2.75, 3.05) is 0 Å². The molecule has 1 aromatic heterocycles. The topological polar surface area (TPSA) is 49.9 Å². The van der Waals surface area contributed by atoms with Crippen LogP contribution in [0.1, 0.15) is 22.9 Å². The maximum absolute atomic E-state index is 6.44.